The normalized spacial score (nSPS) is 11.7. The summed E-state index contributed by atoms with van der Waals surface area (Å²) in [7, 11) is 0. The number of hydrogen-bond donors (Lipinski definition) is 2. The van der Waals surface area contributed by atoms with Crippen molar-refractivity contribution in [3.05, 3.63) is 62.1 Å². The predicted octanol–water partition coefficient (Wildman–Crippen LogP) is 3.89. The Kier molecular flexibility index (Phi) is 6.25. The average Bonchev–Trinajstić information content (AvgIpc) is 3.34. The van der Waals surface area contributed by atoms with Gasteiger partial charge in [-0.2, -0.15) is 0 Å². The molecule has 0 unspecified atom stereocenters. The largest absolute Gasteiger partial charge is 0.469 e. The van der Waals surface area contributed by atoms with E-state index in [0.29, 0.717) is 13.1 Å². The molecule has 0 aromatic carbocycles. The van der Waals surface area contributed by atoms with Crippen molar-refractivity contribution in [1.29, 1.82) is 0 Å². The van der Waals surface area contributed by atoms with Gasteiger partial charge in [0.2, 0.25) is 0 Å². The Hall–Kier alpha value is -2.12. The molecule has 0 aliphatic carbocycles. The van der Waals surface area contributed by atoms with Gasteiger partial charge < -0.3 is 15.1 Å². The second-order valence-corrected chi connectivity index (χ2v) is 7.92. The minimum absolute atomic E-state index is 0.670. The second-order valence-electron chi connectivity index (χ2n) is 5.60. The fourth-order valence-corrected chi connectivity index (χ4v) is 3.77. The fourth-order valence-electron chi connectivity index (χ4n) is 2.27. The maximum atomic E-state index is 5.37. The van der Waals surface area contributed by atoms with Crippen molar-refractivity contribution in [3.63, 3.8) is 0 Å². The van der Waals surface area contributed by atoms with Gasteiger partial charge in [0.15, 0.2) is 5.96 Å². The van der Waals surface area contributed by atoms with Gasteiger partial charge in [-0.05, 0) is 37.4 Å². The van der Waals surface area contributed by atoms with E-state index in [0.717, 1.165) is 35.4 Å². The van der Waals surface area contributed by atoms with Gasteiger partial charge in [-0.15, -0.1) is 22.7 Å². The van der Waals surface area contributed by atoms with Crippen LogP contribution in [0, 0.1) is 13.8 Å². The van der Waals surface area contributed by atoms with Gasteiger partial charge in [-0.25, -0.2) is 9.98 Å². The monoisotopic (exact) mass is 374 g/mol. The van der Waals surface area contributed by atoms with Crippen molar-refractivity contribution in [2.75, 3.05) is 6.54 Å². The molecule has 0 aliphatic heterocycles. The van der Waals surface area contributed by atoms with Crippen LogP contribution in [0.2, 0.25) is 0 Å². The predicted molar refractivity (Wildman–Crippen MR) is 104 cm³/mol. The van der Waals surface area contributed by atoms with Crippen molar-refractivity contribution in [2.24, 2.45) is 4.99 Å². The zero-order valence-electron chi connectivity index (χ0n) is 14.4. The summed E-state index contributed by atoms with van der Waals surface area (Å²) in [5, 5.41) is 9.90. The molecule has 3 aromatic heterocycles. The number of aliphatic imine (C=N–C) groups is 1. The molecule has 3 heterocycles. The molecule has 0 saturated heterocycles. The first kappa shape index (κ1) is 17.7. The van der Waals surface area contributed by atoms with E-state index in [1.165, 1.54) is 9.75 Å². The molecule has 0 radical (unpaired) electrons. The van der Waals surface area contributed by atoms with E-state index >= 15 is 0 Å². The zero-order valence-corrected chi connectivity index (χ0v) is 16.0. The number of thiazole rings is 1. The van der Waals surface area contributed by atoms with E-state index in [-0.39, 0.29) is 0 Å². The maximum Gasteiger partial charge on any atom is 0.191 e. The Balaban J connectivity index is 1.57. The molecule has 25 heavy (non-hydrogen) atoms. The van der Waals surface area contributed by atoms with Crippen molar-refractivity contribution in [3.8, 4) is 0 Å². The molecule has 132 valence electrons. The van der Waals surface area contributed by atoms with Crippen LogP contribution >= 0.6 is 22.7 Å². The van der Waals surface area contributed by atoms with E-state index in [1.807, 2.05) is 25.1 Å². The number of nitrogens with zero attached hydrogens (tertiary/aromatic N) is 2. The van der Waals surface area contributed by atoms with Gasteiger partial charge in [0.1, 0.15) is 10.8 Å². The molecule has 0 saturated carbocycles. The standard InChI is InChI=1S/C18H22N4OS2/c1-13-14(2)25-17(22-13)12-21-18(20-11-16-6-4-10-24-16)19-8-7-15-5-3-9-23-15/h3-6,9-10H,7-8,11-12H2,1-2H3,(H2,19,20,21). The summed E-state index contributed by atoms with van der Waals surface area (Å²) < 4.78 is 5.37. The van der Waals surface area contributed by atoms with Crippen LogP contribution in [0.3, 0.4) is 0 Å². The van der Waals surface area contributed by atoms with Gasteiger partial charge in [-0.1, -0.05) is 6.07 Å². The fraction of sp³-hybridized carbons (Fsp3) is 0.333. The molecule has 0 aliphatic rings. The Morgan fingerprint density at radius 3 is 2.84 bits per heavy atom. The Morgan fingerprint density at radius 1 is 1.24 bits per heavy atom. The summed E-state index contributed by atoms with van der Waals surface area (Å²) in [6.07, 6.45) is 2.52. The maximum absolute atomic E-state index is 5.37. The summed E-state index contributed by atoms with van der Waals surface area (Å²) >= 11 is 3.44. The van der Waals surface area contributed by atoms with Gasteiger partial charge in [0.05, 0.1) is 25.0 Å². The topological polar surface area (TPSA) is 62.5 Å². The summed E-state index contributed by atoms with van der Waals surface area (Å²) in [5.41, 5.74) is 1.10. The van der Waals surface area contributed by atoms with Gasteiger partial charge in [-0.3, -0.25) is 0 Å². The Morgan fingerprint density at radius 2 is 2.16 bits per heavy atom. The van der Waals surface area contributed by atoms with Crippen LogP contribution in [0.4, 0.5) is 0 Å². The number of furan rings is 1. The molecule has 0 spiro atoms. The lowest BCUT2D eigenvalue weighted by molar-refractivity contribution is 0.506. The van der Waals surface area contributed by atoms with Crippen LogP contribution < -0.4 is 10.6 Å². The molecule has 3 rings (SSSR count). The quantitative estimate of drug-likeness (QED) is 0.486. The number of hydrogen-bond acceptors (Lipinski definition) is 5. The van der Waals surface area contributed by atoms with Crippen LogP contribution in [-0.2, 0) is 19.5 Å². The van der Waals surface area contributed by atoms with E-state index < -0.39 is 0 Å². The molecule has 0 bridgehead atoms. The lowest BCUT2D eigenvalue weighted by Crippen LogP contribution is -2.38. The zero-order chi connectivity index (χ0) is 17.5. The van der Waals surface area contributed by atoms with Gasteiger partial charge in [0, 0.05) is 22.7 Å². The molecular formula is C18H22N4OS2. The minimum Gasteiger partial charge on any atom is -0.469 e. The van der Waals surface area contributed by atoms with Crippen LogP contribution in [0.5, 0.6) is 0 Å². The summed E-state index contributed by atoms with van der Waals surface area (Å²) in [4.78, 5) is 11.8. The Bertz CT molecular complexity index is 772. The van der Waals surface area contributed by atoms with E-state index in [1.54, 1.807) is 28.9 Å². The van der Waals surface area contributed by atoms with Crippen molar-refractivity contribution >= 4 is 28.6 Å². The first-order chi connectivity index (χ1) is 12.2. The average molecular weight is 375 g/mol. The molecule has 0 atom stereocenters. The van der Waals surface area contributed by atoms with Gasteiger partial charge >= 0.3 is 0 Å². The van der Waals surface area contributed by atoms with E-state index in [9.17, 15) is 0 Å². The highest BCUT2D eigenvalue weighted by Crippen LogP contribution is 2.16. The van der Waals surface area contributed by atoms with E-state index in [4.69, 9.17) is 4.42 Å². The van der Waals surface area contributed by atoms with Crippen molar-refractivity contribution in [1.82, 2.24) is 15.6 Å². The number of aromatic nitrogens is 1. The first-order valence-electron chi connectivity index (χ1n) is 8.20. The number of nitrogens with one attached hydrogen (secondary N) is 2. The number of rotatable bonds is 7. The molecule has 5 nitrogen and oxygen atoms in total. The molecule has 3 aromatic rings. The molecule has 2 N–H and O–H groups in total. The van der Waals surface area contributed by atoms with Crippen LogP contribution in [0.25, 0.3) is 0 Å². The lowest BCUT2D eigenvalue weighted by Gasteiger charge is -2.11. The Labute approximate surface area is 155 Å². The van der Waals surface area contributed by atoms with Crippen LogP contribution in [0.1, 0.15) is 26.2 Å². The minimum atomic E-state index is 0.670. The molecule has 0 fully saturated rings. The molecular weight excluding hydrogens is 352 g/mol. The van der Waals surface area contributed by atoms with Gasteiger partial charge in [0.25, 0.3) is 0 Å². The summed E-state index contributed by atoms with van der Waals surface area (Å²) in [6, 6.07) is 8.04. The highest BCUT2D eigenvalue weighted by Gasteiger charge is 2.06. The number of aryl methyl sites for hydroxylation is 2. The summed E-state index contributed by atoms with van der Waals surface area (Å²) in [6.45, 7) is 6.26. The number of guanidine groups is 1. The van der Waals surface area contributed by atoms with E-state index in [2.05, 4.69) is 39.0 Å². The van der Waals surface area contributed by atoms with Crippen molar-refractivity contribution in [2.45, 2.75) is 33.4 Å². The second kappa shape index (κ2) is 8.82. The molecule has 0 amide bonds. The SMILES string of the molecule is Cc1nc(CNC(=NCc2cccs2)NCCc2ccco2)sc1C. The lowest BCUT2D eigenvalue weighted by atomic mass is 10.3. The highest BCUT2D eigenvalue weighted by atomic mass is 32.1. The highest BCUT2D eigenvalue weighted by molar-refractivity contribution is 7.11. The number of thiophene rings is 1. The third-order valence-electron chi connectivity index (χ3n) is 3.70. The van der Waals surface area contributed by atoms with Crippen molar-refractivity contribution < 1.29 is 4.42 Å². The van der Waals surface area contributed by atoms with Crippen LogP contribution in [-0.4, -0.2) is 17.5 Å². The third-order valence-corrected chi connectivity index (χ3v) is 5.63. The smallest absolute Gasteiger partial charge is 0.191 e. The molecule has 7 heteroatoms. The summed E-state index contributed by atoms with van der Waals surface area (Å²) in [5.74, 6) is 1.77. The third kappa shape index (κ3) is 5.44. The first-order valence-corrected chi connectivity index (χ1v) is 9.90. The van der Waals surface area contributed by atoms with Crippen LogP contribution in [0.15, 0.2) is 45.3 Å².